The third-order valence-electron chi connectivity index (χ3n) is 4.71. The molecule has 0 aliphatic heterocycles. The minimum absolute atomic E-state index is 0.273. The molecule has 1 aromatic carbocycles. The zero-order chi connectivity index (χ0) is 19.1. The van der Waals surface area contributed by atoms with Crippen molar-refractivity contribution in [3.8, 4) is 0 Å². The average Bonchev–Trinajstić information content (AvgIpc) is 2.87. The Kier molecular flexibility index (Phi) is 7.06. The first-order valence-electron chi connectivity index (χ1n) is 9.14. The summed E-state index contributed by atoms with van der Waals surface area (Å²) in [6, 6.07) is 10.7. The van der Waals surface area contributed by atoms with E-state index in [0.717, 1.165) is 31.2 Å². The Morgan fingerprint density at radius 2 is 1.96 bits per heavy atom. The van der Waals surface area contributed by atoms with Gasteiger partial charge >= 0.3 is 0 Å². The summed E-state index contributed by atoms with van der Waals surface area (Å²) in [5.41, 5.74) is 4.86. The van der Waals surface area contributed by atoms with Crippen LogP contribution in [0.25, 0.3) is 0 Å². The molecule has 0 spiro atoms. The van der Waals surface area contributed by atoms with Gasteiger partial charge in [0.15, 0.2) is 5.96 Å². The number of aliphatic imine (C=N–C) groups is 1. The molecule has 2 rings (SSSR count). The lowest BCUT2D eigenvalue weighted by atomic mass is 10.1. The van der Waals surface area contributed by atoms with Gasteiger partial charge in [0.05, 0.1) is 5.69 Å². The van der Waals surface area contributed by atoms with Crippen LogP contribution in [0.2, 0.25) is 0 Å². The zero-order valence-electron chi connectivity index (χ0n) is 16.9. The quantitative estimate of drug-likeness (QED) is 0.590. The van der Waals surface area contributed by atoms with Crippen LogP contribution in [0.1, 0.15) is 23.9 Å². The maximum Gasteiger partial charge on any atom is 0.191 e. The fourth-order valence-corrected chi connectivity index (χ4v) is 3.05. The maximum absolute atomic E-state index is 4.50. The molecule has 0 saturated heterocycles. The summed E-state index contributed by atoms with van der Waals surface area (Å²) in [5, 5.41) is 11.4. The Morgan fingerprint density at radius 1 is 1.27 bits per heavy atom. The van der Waals surface area contributed by atoms with Crippen molar-refractivity contribution in [1.82, 2.24) is 20.4 Å². The molecule has 1 heterocycles. The SMILES string of the molecule is CN=C(NCCN(C)c1ccccc1)NC(C)Cc1c(C)nn(C)c1C. The number of guanidine groups is 1. The number of likely N-dealkylation sites (N-methyl/N-ethyl adjacent to an activating group) is 1. The molecule has 0 bridgehead atoms. The van der Waals surface area contributed by atoms with E-state index >= 15 is 0 Å². The molecular weight excluding hydrogens is 324 g/mol. The lowest BCUT2D eigenvalue weighted by molar-refractivity contribution is 0.635. The van der Waals surface area contributed by atoms with Crippen LogP contribution in [0.15, 0.2) is 35.3 Å². The minimum atomic E-state index is 0.273. The van der Waals surface area contributed by atoms with E-state index in [0.29, 0.717) is 0 Å². The number of para-hydroxylation sites is 1. The van der Waals surface area contributed by atoms with Gasteiger partial charge in [-0.2, -0.15) is 5.10 Å². The Balaban J connectivity index is 1.81. The predicted molar refractivity (Wildman–Crippen MR) is 110 cm³/mol. The van der Waals surface area contributed by atoms with Crippen LogP contribution in [-0.4, -0.2) is 49.0 Å². The van der Waals surface area contributed by atoms with Gasteiger partial charge in [-0.1, -0.05) is 18.2 Å². The van der Waals surface area contributed by atoms with Crippen molar-refractivity contribution in [2.24, 2.45) is 12.0 Å². The first-order chi connectivity index (χ1) is 12.4. The Hall–Kier alpha value is -2.50. The normalized spacial score (nSPS) is 12.8. The number of nitrogens with zero attached hydrogens (tertiary/aromatic N) is 4. The Labute approximate surface area is 157 Å². The third kappa shape index (κ3) is 5.25. The van der Waals surface area contributed by atoms with Crippen molar-refractivity contribution in [2.45, 2.75) is 33.2 Å². The van der Waals surface area contributed by atoms with Gasteiger partial charge in [0, 0.05) is 51.7 Å². The highest BCUT2D eigenvalue weighted by Gasteiger charge is 2.14. The highest BCUT2D eigenvalue weighted by atomic mass is 15.3. The monoisotopic (exact) mass is 356 g/mol. The predicted octanol–water partition coefficient (Wildman–Crippen LogP) is 2.27. The van der Waals surface area contributed by atoms with Gasteiger partial charge in [-0.15, -0.1) is 0 Å². The summed E-state index contributed by atoms with van der Waals surface area (Å²) in [6.07, 6.45) is 0.927. The molecule has 6 heteroatoms. The topological polar surface area (TPSA) is 57.5 Å². The van der Waals surface area contributed by atoms with E-state index < -0.39 is 0 Å². The van der Waals surface area contributed by atoms with Gasteiger partial charge < -0.3 is 15.5 Å². The van der Waals surface area contributed by atoms with Crippen molar-refractivity contribution in [2.75, 3.05) is 32.1 Å². The summed E-state index contributed by atoms with van der Waals surface area (Å²) in [4.78, 5) is 6.57. The molecule has 142 valence electrons. The van der Waals surface area contributed by atoms with Gasteiger partial charge in [0.25, 0.3) is 0 Å². The van der Waals surface area contributed by atoms with Crippen LogP contribution in [0.5, 0.6) is 0 Å². The van der Waals surface area contributed by atoms with Crippen molar-refractivity contribution >= 4 is 11.6 Å². The van der Waals surface area contributed by atoms with Crippen LogP contribution in [0.3, 0.4) is 0 Å². The summed E-state index contributed by atoms with van der Waals surface area (Å²) in [6.45, 7) is 8.09. The molecule has 0 saturated carbocycles. The van der Waals surface area contributed by atoms with Crippen molar-refractivity contribution in [1.29, 1.82) is 0 Å². The number of aromatic nitrogens is 2. The average molecular weight is 357 g/mol. The summed E-state index contributed by atoms with van der Waals surface area (Å²) in [5.74, 6) is 0.832. The lowest BCUT2D eigenvalue weighted by Gasteiger charge is -2.22. The van der Waals surface area contributed by atoms with E-state index in [1.54, 1.807) is 0 Å². The molecule has 0 fully saturated rings. The molecule has 0 amide bonds. The highest BCUT2D eigenvalue weighted by Crippen LogP contribution is 2.14. The second-order valence-electron chi connectivity index (χ2n) is 6.78. The van der Waals surface area contributed by atoms with Crippen molar-refractivity contribution < 1.29 is 0 Å². The molecule has 1 atom stereocenters. The van der Waals surface area contributed by atoms with Crippen LogP contribution in [0.4, 0.5) is 5.69 Å². The van der Waals surface area contributed by atoms with Crippen LogP contribution in [-0.2, 0) is 13.5 Å². The zero-order valence-corrected chi connectivity index (χ0v) is 16.9. The van der Waals surface area contributed by atoms with Crippen LogP contribution >= 0.6 is 0 Å². The molecule has 2 N–H and O–H groups in total. The largest absolute Gasteiger partial charge is 0.373 e. The number of nitrogens with one attached hydrogen (secondary N) is 2. The van der Waals surface area contributed by atoms with Crippen LogP contribution in [0, 0.1) is 13.8 Å². The number of benzene rings is 1. The molecule has 1 aromatic heterocycles. The Bertz CT molecular complexity index is 719. The number of anilines is 1. The highest BCUT2D eigenvalue weighted by molar-refractivity contribution is 5.80. The molecular formula is C20H32N6. The standard InChI is InChI=1S/C20H32N6/c1-15(14-19-16(2)24-26(6)17(19)3)23-20(21-4)22-12-13-25(5)18-10-8-7-9-11-18/h7-11,15H,12-14H2,1-6H3,(H2,21,22,23). The number of hydrogen-bond donors (Lipinski definition) is 2. The second kappa shape index (κ2) is 9.27. The summed E-state index contributed by atoms with van der Waals surface area (Å²) in [7, 11) is 5.90. The van der Waals surface area contributed by atoms with E-state index in [1.165, 1.54) is 16.9 Å². The van der Waals surface area contributed by atoms with Crippen molar-refractivity contribution in [3.05, 3.63) is 47.3 Å². The summed E-state index contributed by atoms with van der Waals surface area (Å²) < 4.78 is 1.95. The molecule has 0 aliphatic carbocycles. The molecule has 2 aromatic rings. The third-order valence-corrected chi connectivity index (χ3v) is 4.71. The van der Waals surface area contributed by atoms with Gasteiger partial charge in [-0.25, -0.2) is 0 Å². The molecule has 0 radical (unpaired) electrons. The lowest BCUT2D eigenvalue weighted by Crippen LogP contribution is -2.45. The maximum atomic E-state index is 4.50. The van der Waals surface area contributed by atoms with Gasteiger partial charge in [-0.3, -0.25) is 9.67 Å². The number of aryl methyl sites for hydroxylation is 2. The van der Waals surface area contributed by atoms with E-state index in [2.05, 4.69) is 77.7 Å². The van der Waals surface area contributed by atoms with E-state index in [1.807, 2.05) is 24.8 Å². The first kappa shape index (κ1) is 19.8. The summed E-state index contributed by atoms with van der Waals surface area (Å²) >= 11 is 0. The molecule has 0 aliphatic rings. The smallest absolute Gasteiger partial charge is 0.191 e. The molecule has 26 heavy (non-hydrogen) atoms. The second-order valence-corrected chi connectivity index (χ2v) is 6.78. The number of hydrogen-bond acceptors (Lipinski definition) is 3. The van der Waals surface area contributed by atoms with E-state index in [4.69, 9.17) is 0 Å². The van der Waals surface area contributed by atoms with Gasteiger partial charge in [0.1, 0.15) is 0 Å². The van der Waals surface area contributed by atoms with Gasteiger partial charge in [0.2, 0.25) is 0 Å². The number of rotatable bonds is 7. The molecule has 6 nitrogen and oxygen atoms in total. The van der Waals surface area contributed by atoms with Crippen molar-refractivity contribution in [3.63, 3.8) is 0 Å². The first-order valence-corrected chi connectivity index (χ1v) is 9.14. The van der Waals surface area contributed by atoms with E-state index in [9.17, 15) is 0 Å². The van der Waals surface area contributed by atoms with E-state index in [-0.39, 0.29) is 6.04 Å². The molecule has 1 unspecified atom stereocenters. The minimum Gasteiger partial charge on any atom is -0.373 e. The van der Waals surface area contributed by atoms with Crippen LogP contribution < -0.4 is 15.5 Å². The fraction of sp³-hybridized carbons (Fsp3) is 0.500. The van der Waals surface area contributed by atoms with Gasteiger partial charge in [-0.05, 0) is 44.9 Å². The Morgan fingerprint density at radius 3 is 2.54 bits per heavy atom. The fourth-order valence-electron chi connectivity index (χ4n) is 3.05.